The van der Waals surface area contributed by atoms with Gasteiger partial charge in [-0.05, 0) is 5.92 Å². The van der Waals surface area contributed by atoms with Crippen LogP contribution in [0.1, 0.15) is 25.3 Å². The number of hydrogen-bond acceptors (Lipinski definition) is 6. The standard InChI is InChI=1S/C10H14N8/c1-7(2)8-3-14-15-5-13-10(17-9(8)11)18-6-12-4-16-18/h3-7,14H,1-2H3,(H2,11,13,15,17). The Morgan fingerprint density at radius 2 is 2.17 bits per heavy atom. The van der Waals surface area contributed by atoms with Crippen LogP contribution in [-0.2, 0) is 0 Å². The van der Waals surface area contributed by atoms with Gasteiger partial charge in [-0.3, -0.25) is 5.10 Å². The third kappa shape index (κ3) is 2.59. The number of anilines is 1. The Labute approximate surface area is 104 Å². The Balaban J connectivity index is 2.64. The lowest BCUT2D eigenvalue weighted by molar-refractivity contribution is 0.805. The van der Waals surface area contributed by atoms with Crippen LogP contribution in [0.15, 0.2) is 25.2 Å². The first-order valence-corrected chi connectivity index (χ1v) is 5.43. The van der Waals surface area contributed by atoms with Crippen molar-refractivity contribution in [1.29, 1.82) is 0 Å². The van der Waals surface area contributed by atoms with E-state index < -0.39 is 0 Å². The zero-order chi connectivity index (χ0) is 13.0. The van der Waals surface area contributed by atoms with E-state index >= 15 is 0 Å². The van der Waals surface area contributed by atoms with Gasteiger partial charge >= 0.3 is 0 Å². The molecule has 2 heterocycles. The number of nitrogens with one attached hydrogen (secondary N) is 1. The van der Waals surface area contributed by atoms with Gasteiger partial charge in [-0.25, -0.2) is 4.98 Å². The highest BCUT2D eigenvalue weighted by atomic mass is 15.4. The number of aromatic nitrogens is 7. The topological polar surface area (TPSA) is 111 Å². The number of H-pyrrole nitrogens is 1. The van der Waals surface area contributed by atoms with E-state index in [0.29, 0.717) is 11.8 Å². The van der Waals surface area contributed by atoms with Crippen LogP contribution in [-0.4, -0.2) is 34.9 Å². The quantitative estimate of drug-likeness (QED) is 0.803. The molecule has 2 aromatic heterocycles. The van der Waals surface area contributed by atoms with Crippen molar-refractivity contribution in [2.45, 2.75) is 19.8 Å². The van der Waals surface area contributed by atoms with Crippen LogP contribution >= 0.6 is 0 Å². The molecule has 0 fully saturated rings. The molecule has 0 amide bonds. The Morgan fingerprint density at radius 3 is 2.83 bits per heavy atom. The highest BCUT2D eigenvalue weighted by molar-refractivity contribution is 5.39. The van der Waals surface area contributed by atoms with Crippen LogP contribution < -0.4 is 5.73 Å². The minimum absolute atomic E-state index is 0.214. The van der Waals surface area contributed by atoms with Gasteiger partial charge in [-0.1, -0.05) is 13.8 Å². The average molecular weight is 246 g/mol. The summed E-state index contributed by atoms with van der Waals surface area (Å²) in [6.45, 7) is 4.04. The summed E-state index contributed by atoms with van der Waals surface area (Å²) in [5.41, 5.74) is 6.81. The van der Waals surface area contributed by atoms with Gasteiger partial charge in [0, 0.05) is 11.8 Å². The molecule has 0 unspecified atom stereocenters. The smallest absolute Gasteiger partial charge is 0.255 e. The zero-order valence-corrected chi connectivity index (χ0v) is 10.1. The number of aromatic amines is 1. The van der Waals surface area contributed by atoms with Crippen molar-refractivity contribution >= 4 is 5.82 Å². The van der Waals surface area contributed by atoms with Crippen LogP contribution in [0.4, 0.5) is 5.82 Å². The maximum Gasteiger partial charge on any atom is 0.255 e. The maximum atomic E-state index is 5.96. The summed E-state index contributed by atoms with van der Waals surface area (Å²) >= 11 is 0. The second-order valence-electron chi connectivity index (χ2n) is 3.89. The number of nitrogens with two attached hydrogens (primary N) is 1. The van der Waals surface area contributed by atoms with Gasteiger partial charge in [0.15, 0.2) is 0 Å². The Morgan fingerprint density at radius 1 is 1.33 bits per heavy atom. The monoisotopic (exact) mass is 246 g/mol. The second kappa shape index (κ2) is 5.21. The summed E-state index contributed by atoms with van der Waals surface area (Å²) in [4.78, 5) is 12.1. The SMILES string of the molecule is CC(C)c1c[nH]ncnc(-n2cncn2)nc1N. The molecule has 0 aliphatic heterocycles. The van der Waals surface area contributed by atoms with Gasteiger partial charge in [-0.15, -0.1) is 0 Å². The summed E-state index contributed by atoms with van der Waals surface area (Å²) in [7, 11) is 0. The molecule has 0 aliphatic rings. The number of nitrogens with zero attached hydrogens (tertiary/aromatic N) is 6. The minimum atomic E-state index is 0.214. The first-order chi connectivity index (χ1) is 8.68. The summed E-state index contributed by atoms with van der Waals surface area (Å²) in [5, 5.41) is 10.6. The summed E-state index contributed by atoms with van der Waals surface area (Å²) in [6, 6.07) is 0. The maximum absolute atomic E-state index is 5.96. The van der Waals surface area contributed by atoms with Crippen molar-refractivity contribution < 1.29 is 0 Å². The van der Waals surface area contributed by atoms with Gasteiger partial charge in [0.25, 0.3) is 5.95 Å². The molecule has 0 radical (unpaired) electrons. The van der Waals surface area contributed by atoms with Crippen molar-refractivity contribution in [2.75, 3.05) is 5.73 Å². The average Bonchev–Trinajstić information content (AvgIpc) is 2.85. The first-order valence-electron chi connectivity index (χ1n) is 5.43. The molecule has 2 rings (SSSR count). The van der Waals surface area contributed by atoms with Crippen LogP contribution in [0.25, 0.3) is 5.95 Å². The summed E-state index contributed by atoms with van der Waals surface area (Å²) in [6.07, 6.45) is 5.94. The van der Waals surface area contributed by atoms with Gasteiger partial charge in [0.05, 0.1) is 0 Å². The van der Waals surface area contributed by atoms with Crippen LogP contribution in [0.3, 0.4) is 0 Å². The Kier molecular flexibility index (Phi) is 3.46. The molecule has 0 aromatic carbocycles. The largest absolute Gasteiger partial charge is 0.383 e. The lowest BCUT2D eigenvalue weighted by atomic mass is 10.1. The summed E-state index contributed by atoms with van der Waals surface area (Å²) < 4.78 is 1.42. The minimum Gasteiger partial charge on any atom is -0.383 e. The van der Waals surface area contributed by atoms with E-state index in [-0.39, 0.29) is 5.92 Å². The van der Waals surface area contributed by atoms with Crippen LogP contribution in [0.2, 0.25) is 0 Å². The molecule has 0 saturated heterocycles. The van der Waals surface area contributed by atoms with E-state index in [0.717, 1.165) is 5.56 Å². The van der Waals surface area contributed by atoms with E-state index in [2.05, 4.69) is 30.2 Å². The highest BCUT2D eigenvalue weighted by Crippen LogP contribution is 2.16. The molecule has 0 saturated carbocycles. The van der Waals surface area contributed by atoms with E-state index in [1.54, 1.807) is 6.20 Å². The van der Waals surface area contributed by atoms with Crippen LogP contribution in [0, 0.1) is 0 Å². The molecule has 18 heavy (non-hydrogen) atoms. The lowest BCUT2D eigenvalue weighted by Crippen LogP contribution is -2.03. The van der Waals surface area contributed by atoms with Gasteiger partial charge in [0.1, 0.15) is 24.8 Å². The van der Waals surface area contributed by atoms with Gasteiger partial charge < -0.3 is 5.73 Å². The van der Waals surface area contributed by atoms with Crippen molar-refractivity contribution in [3.63, 3.8) is 0 Å². The van der Waals surface area contributed by atoms with E-state index in [1.807, 2.05) is 13.8 Å². The van der Waals surface area contributed by atoms with Crippen molar-refractivity contribution in [1.82, 2.24) is 34.9 Å². The molecule has 0 bridgehead atoms. The predicted molar refractivity (Wildman–Crippen MR) is 65.2 cm³/mol. The first kappa shape index (κ1) is 12.0. The molecular weight excluding hydrogens is 232 g/mol. The van der Waals surface area contributed by atoms with E-state index in [9.17, 15) is 0 Å². The highest BCUT2D eigenvalue weighted by Gasteiger charge is 2.05. The number of rotatable bonds is 2. The molecule has 94 valence electrons. The predicted octanol–water partition coefficient (Wildman–Crippen LogP) is 0.610. The van der Waals surface area contributed by atoms with Crippen molar-refractivity contribution in [3.8, 4) is 5.95 Å². The van der Waals surface area contributed by atoms with Crippen molar-refractivity contribution in [2.24, 2.45) is 0 Å². The zero-order valence-electron chi connectivity index (χ0n) is 10.1. The summed E-state index contributed by atoms with van der Waals surface area (Å²) in [5.74, 6) is 0.896. The van der Waals surface area contributed by atoms with Gasteiger partial charge in [0.2, 0.25) is 0 Å². The fourth-order valence-electron chi connectivity index (χ4n) is 1.38. The van der Waals surface area contributed by atoms with Crippen LogP contribution in [0.5, 0.6) is 0 Å². The molecule has 8 nitrogen and oxygen atoms in total. The van der Waals surface area contributed by atoms with Crippen molar-refractivity contribution in [3.05, 3.63) is 30.7 Å². The third-order valence-electron chi connectivity index (χ3n) is 2.29. The Bertz CT molecular complexity index is 555. The second-order valence-corrected chi connectivity index (χ2v) is 3.89. The molecule has 2 aromatic rings. The van der Waals surface area contributed by atoms with Gasteiger partial charge in [-0.2, -0.15) is 24.8 Å². The molecule has 0 aliphatic carbocycles. The Hall–Kier alpha value is -2.51. The van der Waals surface area contributed by atoms with E-state index in [1.165, 1.54) is 23.7 Å². The molecule has 0 spiro atoms. The molecular formula is C10H14N8. The number of hydrogen-bond donors (Lipinski definition) is 2. The molecule has 0 atom stereocenters. The number of nitrogen functional groups attached to an aromatic ring is 1. The lowest BCUT2D eigenvalue weighted by Gasteiger charge is -2.04. The fourth-order valence-corrected chi connectivity index (χ4v) is 1.38. The molecule has 3 N–H and O–H groups in total. The normalized spacial score (nSPS) is 10.4. The third-order valence-corrected chi connectivity index (χ3v) is 2.29. The molecule has 8 heteroatoms. The van der Waals surface area contributed by atoms with E-state index in [4.69, 9.17) is 5.73 Å². The fraction of sp³-hybridized carbons (Fsp3) is 0.300.